The number of nitrogens with one attached hydrogen (secondary N) is 1. The molecular formula is C16H19N3OS. The summed E-state index contributed by atoms with van der Waals surface area (Å²) in [6, 6.07) is 5.95. The molecular weight excluding hydrogens is 282 g/mol. The summed E-state index contributed by atoms with van der Waals surface area (Å²) < 4.78 is 0. The van der Waals surface area contributed by atoms with Crippen LogP contribution >= 0.6 is 11.8 Å². The second-order valence-corrected chi connectivity index (χ2v) is 6.04. The fourth-order valence-corrected chi connectivity index (χ4v) is 2.96. The van der Waals surface area contributed by atoms with Crippen LogP contribution < -0.4 is 11.1 Å². The smallest absolute Gasteiger partial charge is 0.234 e. The number of hydrogen-bond acceptors (Lipinski definition) is 4. The average molecular weight is 301 g/mol. The third-order valence-corrected chi connectivity index (χ3v) is 4.20. The van der Waals surface area contributed by atoms with Gasteiger partial charge in [-0.1, -0.05) is 17.7 Å². The molecule has 0 fully saturated rings. The van der Waals surface area contributed by atoms with Gasteiger partial charge < -0.3 is 11.1 Å². The van der Waals surface area contributed by atoms with Crippen molar-refractivity contribution in [3.8, 4) is 0 Å². The fraction of sp³-hybridized carbons (Fsp3) is 0.250. The predicted octanol–water partition coefficient (Wildman–Crippen LogP) is 3.32. The molecule has 2 aromatic rings. The van der Waals surface area contributed by atoms with E-state index in [0.717, 1.165) is 21.7 Å². The second-order valence-electron chi connectivity index (χ2n) is 5.02. The van der Waals surface area contributed by atoms with Crippen LogP contribution in [0.1, 0.15) is 16.7 Å². The summed E-state index contributed by atoms with van der Waals surface area (Å²) in [7, 11) is 0. The van der Waals surface area contributed by atoms with Gasteiger partial charge in [0.15, 0.2) is 0 Å². The minimum absolute atomic E-state index is 0.0359. The Hall–Kier alpha value is -2.01. The lowest BCUT2D eigenvalue weighted by Gasteiger charge is -2.13. The molecule has 0 unspecified atom stereocenters. The molecule has 5 heteroatoms. The second kappa shape index (κ2) is 6.63. The van der Waals surface area contributed by atoms with Crippen LogP contribution in [0.3, 0.4) is 0 Å². The van der Waals surface area contributed by atoms with Crippen molar-refractivity contribution < 1.29 is 4.79 Å². The first-order chi connectivity index (χ1) is 9.97. The van der Waals surface area contributed by atoms with Crippen LogP contribution in [0, 0.1) is 20.8 Å². The Morgan fingerprint density at radius 3 is 2.57 bits per heavy atom. The highest BCUT2D eigenvalue weighted by molar-refractivity contribution is 8.00. The number of benzene rings is 1. The first-order valence-corrected chi connectivity index (χ1v) is 7.66. The van der Waals surface area contributed by atoms with Crippen LogP contribution in [0.2, 0.25) is 0 Å². The molecule has 2 rings (SSSR count). The molecule has 3 N–H and O–H groups in total. The van der Waals surface area contributed by atoms with Crippen LogP contribution in [-0.2, 0) is 4.79 Å². The van der Waals surface area contributed by atoms with Crippen molar-refractivity contribution in [2.24, 2.45) is 0 Å². The highest BCUT2D eigenvalue weighted by Crippen LogP contribution is 2.25. The molecule has 1 aromatic heterocycles. The Kier molecular flexibility index (Phi) is 4.85. The summed E-state index contributed by atoms with van der Waals surface area (Å²) in [5.74, 6) is 0.285. The molecule has 0 bridgehead atoms. The highest BCUT2D eigenvalue weighted by Gasteiger charge is 2.09. The Morgan fingerprint density at radius 2 is 1.95 bits per heavy atom. The minimum Gasteiger partial charge on any atom is -0.397 e. The molecule has 0 atom stereocenters. The largest absolute Gasteiger partial charge is 0.397 e. The highest BCUT2D eigenvalue weighted by atomic mass is 32.2. The number of hydrogen-bond donors (Lipinski definition) is 2. The first kappa shape index (κ1) is 15.4. The molecule has 0 aliphatic heterocycles. The Labute approximate surface area is 129 Å². The quantitative estimate of drug-likeness (QED) is 0.850. The summed E-state index contributed by atoms with van der Waals surface area (Å²) in [6.07, 6.45) is 3.26. The van der Waals surface area contributed by atoms with E-state index in [1.807, 2.05) is 26.8 Å². The van der Waals surface area contributed by atoms with E-state index < -0.39 is 0 Å². The zero-order valence-electron chi connectivity index (χ0n) is 12.4. The number of carbonyl (C=O) groups is 1. The number of nitrogen functional groups attached to an aromatic ring is 1. The fourth-order valence-electron chi connectivity index (χ4n) is 2.22. The van der Waals surface area contributed by atoms with E-state index >= 15 is 0 Å². The molecule has 0 saturated carbocycles. The number of aryl methyl sites for hydroxylation is 3. The number of thioether (sulfide) groups is 1. The van der Waals surface area contributed by atoms with Gasteiger partial charge in [-0.05, 0) is 38.0 Å². The molecule has 0 aliphatic carbocycles. The lowest BCUT2D eigenvalue weighted by Crippen LogP contribution is -2.16. The zero-order valence-corrected chi connectivity index (χ0v) is 13.3. The molecule has 1 aromatic carbocycles. The van der Waals surface area contributed by atoms with Gasteiger partial charge in [0.05, 0.1) is 17.6 Å². The van der Waals surface area contributed by atoms with Crippen LogP contribution in [-0.4, -0.2) is 16.6 Å². The Bertz CT molecular complexity index is 647. The normalized spacial score (nSPS) is 10.4. The van der Waals surface area contributed by atoms with E-state index in [0.29, 0.717) is 11.4 Å². The van der Waals surface area contributed by atoms with Crippen molar-refractivity contribution in [2.75, 3.05) is 16.8 Å². The van der Waals surface area contributed by atoms with Gasteiger partial charge in [-0.15, -0.1) is 11.8 Å². The molecule has 1 heterocycles. The van der Waals surface area contributed by atoms with Crippen molar-refractivity contribution in [1.29, 1.82) is 0 Å². The summed E-state index contributed by atoms with van der Waals surface area (Å²) in [5.41, 5.74) is 10.7. The van der Waals surface area contributed by atoms with Crippen molar-refractivity contribution >= 4 is 29.0 Å². The number of pyridine rings is 1. The molecule has 21 heavy (non-hydrogen) atoms. The summed E-state index contributed by atoms with van der Waals surface area (Å²) >= 11 is 1.41. The van der Waals surface area contributed by atoms with Crippen molar-refractivity contribution in [2.45, 2.75) is 25.7 Å². The van der Waals surface area contributed by atoms with Gasteiger partial charge in [0.25, 0.3) is 0 Å². The molecule has 0 radical (unpaired) electrons. The van der Waals surface area contributed by atoms with Crippen molar-refractivity contribution in [3.63, 3.8) is 0 Å². The third-order valence-electron chi connectivity index (χ3n) is 3.11. The van der Waals surface area contributed by atoms with Crippen LogP contribution in [0.5, 0.6) is 0 Å². The molecule has 110 valence electrons. The number of anilines is 2. The van der Waals surface area contributed by atoms with Gasteiger partial charge in [-0.25, -0.2) is 0 Å². The molecule has 0 spiro atoms. The SMILES string of the molecule is Cc1cc(C)c(NC(=O)CSc2ccncc2N)c(C)c1. The minimum atomic E-state index is -0.0359. The predicted molar refractivity (Wildman–Crippen MR) is 88.7 cm³/mol. The van der Waals surface area contributed by atoms with Gasteiger partial charge in [0, 0.05) is 16.8 Å². The number of carbonyl (C=O) groups excluding carboxylic acids is 1. The lowest BCUT2D eigenvalue weighted by molar-refractivity contribution is -0.113. The van der Waals surface area contributed by atoms with Gasteiger partial charge >= 0.3 is 0 Å². The lowest BCUT2D eigenvalue weighted by atomic mass is 10.1. The molecule has 4 nitrogen and oxygen atoms in total. The van der Waals surface area contributed by atoms with Gasteiger partial charge in [0.2, 0.25) is 5.91 Å². The topological polar surface area (TPSA) is 68.0 Å². The standard InChI is InChI=1S/C16H19N3OS/c1-10-6-11(2)16(12(3)7-10)19-15(20)9-21-14-4-5-18-8-13(14)17/h4-8H,9,17H2,1-3H3,(H,19,20). The maximum atomic E-state index is 12.1. The van der Waals surface area contributed by atoms with Crippen molar-refractivity contribution in [3.05, 3.63) is 47.3 Å². The number of rotatable bonds is 4. The van der Waals surface area contributed by atoms with Gasteiger partial charge in [-0.3, -0.25) is 9.78 Å². The summed E-state index contributed by atoms with van der Waals surface area (Å²) in [5, 5.41) is 2.98. The molecule has 1 amide bonds. The zero-order chi connectivity index (χ0) is 15.4. The number of nitrogens with zero attached hydrogens (tertiary/aromatic N) is 1. The van der Waals surface area contributed by atoms with E-state index in [9.17, 15) is 4.79 Å². The Morgan fingerprint density at radius 1 is 1.29 bits per heavy atom. The number of amides is 1. The average Bonchev–Trinajstić information content (AvgIpc) is 2.42. The van der Waals surface area contributed by atoms with Crippen LogP contribution in [0.15, 0.2) is 35.5 Å². The van der Waals surface area contributed by atoms with E-state index in [-0.39, 0.29) is 5.91 Å². The van der Waals surface area contributed by atoms with Crippen LogP contribution in [0.25, 0.3) is 0 Å². The van der Waals surface area contributed by atoms with E-state index in [1.165, 1.54) is 17.3 Å². The van der Waals surface area contributed by atoms with E-state index in [2.05, 4.69) is 22.4 Å². The Balaban J connectivity index is 2.01. The van der Waals surface area contributed by atoms with Crippen molar-refractivity contribution in [1.82, 2.24) is 4.98 Å². The van der Waals surface area contributed by atoms with Gasteiger partial charge in [0.1, 0.15) is 0 Å². The van der Waals surface area contributed by atoms with Crippen LogP contribution in [0.4, 0.5) is 11.4 Å². The monoisotopic (exact) mass is 301 g/mol. The summed E-state index contributed by atoms with van der Waals surface area (Å²) in [6.45, 7) is 6.06. The number of nitrogens with two attached hydrogens (primary N) is 1. The maximum absolute atomic E-state index is 12.1. The van der Waals surface area contributed by atoms with E-state index in [1.54, 1.807) is 12.4 Å². The van der Waals surface area contributed by atoms with E-state index in [4.69, 9.17) is 5.73 Å². The number of aromatic nitrogens is 1. The molecule has 0 saturated heterocycles. The summed E-state index contributed by atoms with van der Waals surface area (Å²) in [4.78, 5) is 16.9. The maximum Gasteiger partial charge on any atom is 0.234 e. The van der Waals surface area contributed by atoms with Gasteiger partial charge in [-0.2, -0.15) is 0 Å². The first-order valence-electron chi connectivity index (χ1n) is 6.67. The molecule has 0 aliphatic rings. The third kappa shape index (κ3) is 3.98.